The summed E-state index contributed by atoms with van der Waals surface area (Å²) in [6.07, 6.45) is 1.69. The maximum atomic E-state index is 12.9. The Balaban J connectivity index is 1.89. The zero-order valence-electron chi connectivity index (χ0n) is 16.4. The van der Waals surface area contributed by atoms with Gasteiger partial charge in [0.1, 0.15) is 11.3 Å². The van der Waals surface area contributed by atoms with E-state index in [2.05, 4.69) is 19.9 Å². The summed E-state index contributed by atoms with van der Waals surface area (Å²) in [6, 6.07) is 16.2. The third-order valence-electron chi connectivity index (χ3n) is 4.98. The van der Waals surface area contributed by atoms with E-state index in [1.807, 2.05) is 24.3 Å². The molecule has 3 N–H and O–H groups in total. The highest BCUT2D eigenvalue weighted by Gasteiger charge is 2.22. The van der Waals surface area contributed by atoms with Gasteiger partial charge < -0.3 is 15.5 Å². The normalized spacial score (nSPS) is 11.1. The van der Waals surface area contributed by atoms with Gasteiger partial charge in [0.05, 0.1) is 18.3 Å². The molecule has 0 fully saturated rings. The van der Waals surface area contributed by atoms with Crippen LogP contribution in [-0.2, 0) is 0 Å². The van der Waals surface area contributed by atoms with E-state index >= 15 is 0 Å². The van der Waals surface area contributed by atoms with Gasteiger partial charge in [0.25, 0.3) is 5.91 Å². The number of aromatic amines is 1. The van der Waals surface area contributed by atoms with Crippen molar-refractivity contribution >= 4 is 28.0 Å². The van der Waals surface area contributed by atoms with Crippen molar-refractivity contribution in [1.29, 1.82) is 0 Å². The Hall–Kier alpha value is -4.53. The molecule has 0 bridgehead atoms. The molecule has 0 spiro atoms. The van der Waals surface area contributed by atoms with Gasteiger partial charge in [0, 0.05) is 17.1 Å². The molecule has 0 radical (unpaired) electrons. The van der Waals surface area contributed by atoms with E-state index in [0.717, 1.165) is 10.9 Å². The Morgan fingerprint density at radius 2 is 1.90 bits per heavy atom. The van der Waals surface area contributed by atoms with Gasteiger partial charge in [0.15, 0.2) is 17.2 Å². The highest BCUT2D eigenvalue weighted by Crippen LogP contribution is 2.29. The fourth-order valence-corrected chi connectivity index (χ4v) is 3.62. The number of aromatic nitrogens is 5. The predicted octanol–water partition coefficient (Wildman–Crippen LogP) is 2.43. The number of rotatable bonds is 4. The summed E-state index contributed by atoms with van der Waals surface area (Å²) in [5, 5.41) is 0.807. The van der Waals surface area contributed by atoms with E-state index in [4.69, 9.17) is 10.5 Å². The van der Waals surface area contributed by atoms with Crippen LogP contribution in [0, 0.1) is 0 Å². The number of hydrogen-bond acceptors (Lipinski definition) is 6. The molecular formula is C22H16N6O3. The van der Waals surface area contributed by atoms with Crippen LogP contribution in [0.3, 0.4) is 0 Å². The average Bonchev–Trinajstić information content (AvgIpc) is 3.13. The van der Waals surface area contributed by atoms with Crippen LogP contribution in [0.4, 0.5) is 0 Å². The summed E-state index contributed by atoms with van der Waals surface area (Å²) >= 11 is 0. The van der Waals surface area contributed by atoms with Crippen molar-refractivity contribution in [2.24, 2.45) is 5.73 Å². The van der Waals surface area contributed by atoms with E-state index in [9.17, 15) is 9.59 Å². The first kappa shape index (κ1) is 18.5. The number of primary amides is 1. The quantitative estimate of drug-likeness (QED) is 0.466. The minimum absolute atomic E-state index is 0.0772. The Bertz CT molecular complexity index is 1530. The van der Waals surface area contributed by atoms with Crippen LogP contribution in [0.2, 0.25) is 0 Å². The minimum atomic E-state index is -0.777. The van der Waals surface area contributed by atoms with Gasteiger partial charge in [-0.25, -0.2) is 19.3 Å². The first-order valence-corrected chi connectivity index (χ1v) is 9.38. The lowest BCUT2D eigenvalue weighted by molar-refractivity contribution is 0.0997. The lowest BCUT2D eigenvalue weighted by Gasteiger charge is -2.10. The fourth-order valence-electron chi connectivity index (χ4n) is 3.62. The Kier molecular flexibility index (Phi) is 4.21. The molecule has 9 nitrogen and oxygen atoms in total. The number of carbonyl (C=O) groups excluding carboxylic acids is 1. The summed E-state index contributed by atoms with van der Waals surface area (Å²) in [5.41, 5.74) is 7.29. The maximum Gasteiger partial charge on any atom is 0.332 e. The molecule has 3 aromatic heterocycles. The molecule has 3 heterocycles. The van der Waals surface area contributed by atoms with Crippen molar-refractivity contribution in [2.45, 2.75) is 0 Å². The van der Waals surface area contributed by atoms with E-state index in [1.165, 1.54) is 11.7 Å². The third-order valence-corrected chi connectivity index (χ3v) is 4.98. The van der Waals surface area contributed by atoms with Crippen LogP contribution < -0.4 is 16.2 Å². The van der Waals surface area contributed by atoms with Gasteiger partial charge in [-0.15, -0.1) is 0 Å². The molecule has 5 rings (SSSR count). The number of nitrogens with one attached hydrogen (secondary N) is 1. The van der Waals surface area contributed by atoms with Gasteiger partial charge >= 0.3 is 5.69 Å². The van der Waals surface area contributed by atoms with Crippen molar-refractivity contribution < 1.29 is 9.53 Å². The number of hydrogen-bond donors (Lipinski definition) is 2. The van der Waals surface area contributed by atoms with Crippen LogP contribution in [0.1, 0.15) is 10.5 Å². The minimum Gasteiger partial charge on any atom is -0.495 e. The largest absolute Gasteiger partial charge is 0.495 e. The van der Waals surface area contributed by atoms with Gasteiger partial charge in [-0.2, -0.15) is 0 Å². The molecule has 0 saturated heterocycles. The Morgan fingerprint density at radius 3 is 2.71 bits per heavy atom. The molecule has 31 heavy (non-hydrogen) atoms. The van der Waals surface area contributed by atoms with Gasteiger partial charge in [0.2, 0.25) is 0 Å². The van der Waals surface area contributed by atoms with Crippen molar-refractivity contribution in [3.8, 4) is 22.8 Å². The third kappa shape index (κ3) is 2.91. The van der Waals surface area contributed by atoms with Crippen molar-refractivity contribution in [1.82, 2.24) is 24.5 Å². The molecule has 2 aromatic carbocycles. The van der Waals surface area contributed by atoms with Crippen LogP contribution in [0.15, 0.2) is 65.6 Å². The van der Waals surface area contributed by atoms with Crippen LogP contribution in [0.5, 0.6) is 5.75 Å². The standard InChI is InChI=1S/C22H16N6O3/c1-31-16-10-3-2-9-15(16)28-21-18(26-22(28)30)17(19(23)29)25-20(27-21)13-6-4-8-14-12(13)7-5-11-24-14/h2-11H,1H3,(H2,23,29)(H,26,30). The number of ether oxygens (including phenoxy) is 1. The zero-order chi connectivity index (χ0) is 21.5. The molecule has 1 amide bonds. The number of nitrogens with two attached hydrogens (primary N) is 1. The molecule has 0 unspecified atom stereocenters. The van der Waals surface area contributed by atoms with Crippen LogP contribution in [0.25, 0.3) is 39.1 Å². The number of H-pyrrole nitrogens is 1. The monoisotopic (exact) mass is 412 g/mol. The van der Waals surface area contributed by atoms with E-state index in [1.54, 1.807) is 36.5 Å². The fraction of sp³-hybridized carbons (Fsp3) is 0.0455. The summed E-state index contributed by atoms with van der Waals surface area (Å²) < 4.78 is 6.75. The number of amides is 1. The molecular weight excluding hydrogens is 396 g/mol. The lowest BCUT2D eigenvalue weighted by atomic mass is 10.1. The smallest absolute Gasteiger partial charge is 0.332 e. The van der Waals surface area contributed by atoms with E-state index in [-0.39, 0.29) is 22.7 Å². The number of para-hydroxylation sites is 2. The zero-order valence-corrected chi connectivity index (χ0v) is 16.4. The highest BCUT2D eigenvalue weighted by molar-refractivity contribution is 6.03. The summed E-state index contributed by atoms with van der Waals surface area (Å²) in [4.78, 5) is 41.1. The van der Waals surface area contributed by atoms with Gasteiger partial charge in [-0.3, -0.25) is 9.78 Å². The summed E-state index contributed by atoms with van der Waals surface area (Å²) in [5.74, 6) is -0.0522. The average molecular weight is 412 g/mol. The lowest BCUT2D eigenvalue weighted by Crippen LogP contribution is -2.16. The molecule has 152 valence electrons. The molecule has 0 aliphatic heterocycles. The number of benzene rings is 2. The first-order valence-electron chi connectivity index (χ1n) is 9.38. The Morgan fingerprint density at radius 1 is 1.06 bits per heavy atom. The number of nitrogens with zero attached hydrogens (tertiary/aromatic N) is 4. The van der Waals surface area contributed by atoms with E-state index in [0.29, 0.717) is 17.0 Å². The van der Waals surface area contributed by atoms with Crippen LogP contribution in [-0.4, -0.2) is 37.5 Å². The topological polar surface area (TPSA) is 129 Å². The maximum absolute atomic E-state index is 12.9. The second-order valence-electron chi connectivity index (χ2n) is 6.77. The highest BCUT2D eigenvalue weighted by atomic mass is 16.5. The second kappa shape index (κ2) is 7.06. The number of carbonyl (C=O) groups is 1. The summed E-state index contributed by atoms with van der Waals surface area (Å²) in [6.45, 7) is 0. The SMILES string of the molecule is COc1ccccc1-n1c(=O)[nH]c2c(C(N)=O)nc(-c3cccc4ncccc34)nc21. The molecule has 0 aliphatic rings. The molecule has 0 aliphatic carbocycles. The second-order valence-corrected chi connectivity index (χ2v) is 6.77. The predicted molar refractivity (Wildman–Crippen MR) is 115 cm³/mol. The number of fused-ring (bicyclic) bond motifs is 2. The molecule has 0 atom stereocenters. The molecule has 5 aromatic rings. The van der Waals surface area contributed by atoms with Crippen molar-refractivity contribution in [3.63, 3.8) is 0 Å². The van der Waals surface area contributed by atoms with Crippen molar-refractivity contribution in [3.05, 3.63) is 77.0 Å². The first-order chi connectivity index (χ1) is 15.1. The van der Waals surface area contributed by atoms with Crippen molar-refractivity contribution in [2.75, 3.05) is 7.11 Å². The van der Waals surface area contributed by atoms with Gasteiger partial charge in [-0.1, -0.05) is 30.3 Å². The Labute approximate surface area is 175 Å². The molecule has 0 saturated carbocycles. The summed E-state index contributed by atoms with van der Waals surface area (Å²) in [7, 11) is 1.51. The molecule has 9 heteroatoms. The number of methoxy groups -OCH3 is 1. The number of imidazole rings is 1. The number of pyridine rings is 1. The van der Waals surface area contributed by atoms with Crippen LogP contribution >= 0.6 is 0 Å². The van der Waals surface area contributed by atoms with Gasteiger partial charge in [-0.05, 0) is 24.3 Å². The van der Waals surface area contributed by atoms with E-state index < -0.39 is 11.6 Å².